The van der Waals surface area contributed by atoms with Crippen molar-refractivity contribution in [2.24, 2.45) is 0 Å². The van der Waals surface area contributed by atoms with E-state index < -0.39 is 5.95 Å². The Kier molecular flexibility index (Phi) is 3.77. The molecule has 1 aromatic heterocycles. The molecule has 0 N–H and O–H groups in total. The number of nitrogens with zero attached hydrogens (tertiary/aromatic N) is 1. The molecular formula is C14H14FNO2. The molecule has 0 fully saturated rings. The third-order valence-corrected chi connectivity index (χ3v) is 2.53. The van der Waals surface area contributed by atoms with E-state index in [1.54, 1.807) is 13.2 Å². The summed E-state index contributed by atoms with van der Waals surface area (Å²) >= 11 is 0. The van der Waals surface area contributed by atoms with Gasteiger partial charge in [-0.1, -0.05) is 11.6 Å². The summed E-state index contributed by atoms with van der Waals surface area (Å²) in [7, 11) is 1.62. The van der Waals surface area contributed by atoms with Crippen molar-refractivity contribution in [2.75, 3.05) is 7.11 Å². The SMILES string of the molecule is COc1ccc(C)cc1COc1ccc(F)nc1. The summed E-state index contributed by atoms with van der Waals surface area (Å²) in [5.41, 5.74) is 2.08. The quantitative estimate of drug-likeness (QED) is 0.778. The Morgan fingerprint density at radius 2 is 2.06 bits per heavy atom. The molecule has 18 heavy (non-hydrogen) atoms. The predicted molar refractivity (Wildman–Crippen MR) is 66.3 cm³/mol. The molecule has 0 saturated heterocycles. The molecule has 0 saturated carbocycles. The first-order chi connectivity index (χ1) is 8.69. The number of methoxy groups -OCH3 is 1. The van der Waals surface area contributed by atoms with Gasteiger partial charge in [-0.15, -0.1) is 0 Å². The first kappa shape index (κ1) is 12.4. The summed E-state index contributed by atoms with van der Waals surface area (Å²) in [4.78, 5) is 3.53. The van der Waals surface area contributed by atoms with Crippen molar-refractivity contribution in [2.45, 2.75) is 13.5 Å². The predicted octanol–water partition coefficient (Wildman–Crippen LogP) is 3.12. The fourth-order valence-electron chi connectivity index (χ4n) is 1.63. The zero-order chi connectivity index (χ0) is 13.0. The lowest BCUT2D eigenvalue weighted by atomic mass is 10.1. The Bertz CT molecular complexity index is 526. The topological polar surface area (TPSA) is 31.4 Å². The third kappa shape index (κ3) is 2.97. The molecule has 1 heterocycles. The van der Waals surface area contributed by atoms with Crippen LogP contribution in [0.1, 0.15) is 11.1 Å². The molecule has 0 aliphatic rings. The summed E-state index contributed by atoms with van der Waals surface area (Å²) in [5, 5.41) is 0. The van der Waals surface area contributed by atoms with Crippen molar-refractivity contribution in [1.82, 2.24) is 4.98 Å². The summed E-state index contributed by atoms with van der Waals surface area (Å²) in [6, 6.07) is 8.68. The number of ether oxygens (including phenoxy) is 2. The van der Waals surface area contributed by atoms with Gasteiger partial charge < -0.3 is 9.47 Å². The van der Waals surface area contributed by atoms with Crippen LogP contribution in [0.15, 0.2) is 36.5 Å². The van der Waals surface area contributed by atoms with Crippen molar-refractivity contribution in [3.63, 3.8) is 0 Å². The van der Waals surface area contributed by atoms with E-state index in [0.29, 0.717) is 12.4 Å². The van der Waals surface area contributed by atoms with Gasteiger partial charge in [0.05, 0.1) is 13.3 Å². The maximum atomic E-state index is 12.6. The fourth-order valence-corrected chi connectivity index (χ4v) is 1.63. The van der Waals surface area contributed by atoms with Crippen molar-refractivity contribution < 1.29 is 13.9 Å². The molecule has 0 unspecified atom stereocenters. The zero-order valence-corrected chi connectivity index (χ0v) is 10.3. The average Bonchev–Trinajstić information content (AvgIpc) is 2.38. The monoisotopic (exact) mass is 247 g/mol. The second-order valence-corrected chi connectivity index (χ2v) is 3.92. The highest BCUT2D eigenvalue weighted by Crippen LogP contribution is 2.21. The maximum absolute atomic E-state index is 12.6. The van der Waals surface area contributed by atoms with Crippen LogP contribution in [0.25, 0.3) is 0 Å². The summed E-state index contributed by atoms with van der Waals surface area (Å²) in [6.45, 7) is 2.36. The molecule has 2 aromatic rings. The van der Waals surface area contributed by atoms with Crippen LogP contribution in [0.4, 0.5) is 4.39 Å². The van der Waals surface area contributed by atoms with E-state index in [9.17, 15) is 4.39 Å². The lowest BCUT2D eigenvalue weighted by molar-refractivity contribution is 0.294. The van der Waals surface area contributed by atoms with Gasteiger partial charge in [-0.2, -0.15) is 4.39 Å². The summed E-state index contributed by atoms with van der Waals surface area (Å²) in [5.74, 6) is 0.783. The number of halogens is 1. The molecule has 0 aliphatic carbocycles. The molecule has 0 aliphatic heterocycles. The van der Waals surface area contributed by atoms with Crippen LogP contribution in [0, 0.1) is 12.9 Å². The van der Waals surface area contributed by atoms with Crippen molar-refractivity contribution in [3.8, 4) is 11.5 Å². The van der Waals surface area contributed by atoms with Gasteiger partial charge in [0.15, 0.2) is 0 Å². The lowest BCUT2D eigenvalue weighted by Gasteiger charge is -2.10. The molecule has 0 radical (unpaired) electrons. The minimum absolute atomic E-state index is 0.359. The van der Waals surface area contributed by atoms with Crippen LogP contribution in [0.3, 0.4) is 0 Å². The number of hydrogen-bond acceptors (Lipinski definition) is 3. The smallest absolute Gasteiger partial charge is 0.213 e. The van der Waals surface area contributed by atoms with Crippen LogP contribution in [-0.2, 0) is 6.61 Å². The normalized spacial score (nSPS) is 10.2. The second-order valence-electron chi connectivity index (χ2n) is 3.92. The van der Waals surface area contributed by atoms with Gasteiger partial charge in [-0.05, 0) is 31.2 Å². The highest BCUT2D eigenvalue weighted by Gasteiger charge is 2.04. The molecule has 1 aromatic carbocycles. The van der Waals surface area contributed by atoms with Gasteiger partial charge in [-0.3, -0.25) is 0 Å². The summed E-state index contributed by atoms with van der Waals surface area (Å²) < 4.78 is 23.4. The Hall–Kier alpha value is -2.10. The Balaban J connectivity index is 2.09. The van der Waals surface area contributed by atoms with Crippen LogP contribution in [-0.4, -0.2) is 12.1 Å². The van der Waals surface area contributed by atoms with E-state index in [0.717, 1.165) is 16.9 Å². The van der Waals surface area contributed by atoms with E-state index in [2.05, 4.69) is 4.98 Å². The van der Waals surface area contributed by atoms with Gasteiger partial charge >= 0.3 is 0 Å². The molecule has 2 rings (SSSR count). The first-order valence-corrected chi connectivity index (χ1v) is 5.57. The summed E-state index contributed by atoms with van der Waals surface area (Å²) in [6.07, 6.45) is 1.36. The molecule has 0 bridgehead atoms. The molecular weight excluding hydrogens is 233 g/mol. The number of aromatic nitrogens is 1. The Labute approximate surface area is 105 Å². The van der Waals surface area contributed by atoms with E-state index in [4.69, 9.17) is 9.47 Å². The van der Waals surface area contributed by atoms with Crippen LogP contribution in [0.5, 0.6) is 11.5 Å². The largest absolute Gasteiger partial charge is 0.496 e. The maximum Gasteiger partial charge on any atom is 0.213 e. The zero-order valence-electron chi connectivity index (χ0n) is 10.3. The molecule has 0 atom stereocenters. The number of rotatable bonds is 4. The van der Waals surface area contributed by atoms with E-state index in [1.165, 1.54) is 12.3 Å². The van der Waals surface area contributed by atoms with E-state index in [-0.39, 0.29) is 0 Å². The van der Waals surface area contributed by atoms with Crippen molar-refractivity contribution in [1.29, 1.82) is 0 Å². The minimum atomic E-state index is -0.518. The lowest BCUT2D eigenvalue weighted by Crippen LogP contribution is -1.99. The number of pyridine rings is 1. The van der Waals surface area contributed by atoms with Crippen molar-refractivity contribution in [3.05, 3.63) is 53.6 Å². The third-order valence-electron chi connectivity index (χ3n) is 2.53. The Morgan fingerprint density at radius 1 is 1.22 bits per heavy atom. The van der Waals surface area contributed by atoms with Crippen LogP contribution in [0.2, 0.25) is 0 Å². The van der Waals surface area contributed by atoms with Crippen LogP contribution < -0.4 is 9.47 Å². The number of benzene rings is 1. The molecule has 0 amide bonds. The number of aryl methyl sites for hydroxylation is 1. The van der Waals surface area contributed by atoms with Gasteiger partial charge in [0.25, 0.3) is 0 Å². The van der Waals surface area contributed by atoms with Crippen molar-refractivity contribution >= 4 is 0 Å². The van der Waals surface area contributed by atoms with Gasteiger partial charge in [0.2, 0.25) is 5.95 Å². The van der Waals surface area contributed by atoms with Crippen LogP contribution >= 0.6 is 0 Å². The standard InChI is InChI=1S/C14H14FNO2/c1-10-3-5-13(17-2)11(7-10)9-18-12-4-6-14(15)16-8-12/h3-8H,9H2,1-2H3. The highest BCUT2D eigenvalue weighted by atomic mass is 19.1. The average molecular weight is 247 g/mol. The molecule has 94 valence electrons. The molecule has 3 nitrogen and oxygen atoms in total. The molecule has 0 spiro atoms. The van der Waals surface area contributed by atoms with Gasteiger partial charge in [-0.25, -0.2) is 4.98 Å². The van der Waals surface area contributed by atoms with Gasteiger partial charge in [0, 0.05) is 5.56 Å². The fraction of sp³-hybridized carbons (Fsp3) is 0.214. The van der Waals surface area contributed by atoms with E-state index >= 15 is 0 Å². The first-order valence-electron chi connectivity index (χ1n) is 5.57. The Morgan fingerprint density at radius 3 is 2.72 bits per heavy atom. The van der Waals surface area contributed by atoms with Gasteiger partial charge in [0.1, 0.15) is 18.1 Å². The highest BCUT2D eigenvalue weighted by molar-refractivity contribution is 5.36. The number of hydrogen-bond donors (Lipinski definition) is 0. The minimum Gasteiger partial charge on any atom is -0.496 e. The van der Waals surface area contributed by atoms with E-state index in [1.807, 2.05) is 25.1 Å². The second kappa shape index (κ2) is 5.49. The molecule has 4 heteroatoms.